The largest absolute Gasteiger partial charge is 0.354 e. The standard InChI is InChI=1S/C24H30N6O3S/c1-4-16-7-5-9-18(11-16)27-19(31)13-30-14-25-21-20(23(30)33)34-24(28-21)29-10-6-8-17(12-29)22(32)26-15(2)3/h5,7,9,11,14-15,17H,4,6,8,10,12-13H2,1-3H3,(H,26,32)(H,27,31). The molecule has 1 fully saturated rings. The zero-order valence-corrected chi connectivity index (χ0v) is 20.5. The summed E-state index contributed by atoms with van der Waals surface area (Å²) in [4.78, 5) is 49.0. The lowest BCUT2D eigenvalue weighted by molar-refractivity contribution is -0.125. The highest BCUT2D eigenvalue weighted by Crippen LogP contribution is 2.29. The number of piperidine rings is 1. The molecule has 2 aromatic heterocycles. The Bertz CT molecular complexity index is 1250. The van der Waals surface area contributed by atoms with Crippen molar-refractivity contribution in [3.05, 3.63) is 46.5 Å². The average molecular weight is 483 g/mol. The molecule has 1 atom stereocenters. The Morgan fingerprint density at radius 1 is 1.29 bits per heavy atom. The number of nitrogens with zero attached hydrogens (tertiary/aromatic N) is 4. The van der Waals surface area contributed by atoms with Crippen LogP contribution in [0.25, 0.3) is 10.3 Å². The quantitative estimate of drug-likeness (QED) is 0.536. The third-order valence-corrected chi connectivity index (χ3v) is 6.89. The number of nitrogens with one attached hydrogen (secondary N) is 2. The van der Waals surface area contributed by atoms with Gasteiger partial charge in [-0.05, 0) is 50.8 Å². The molecule has 2 N–H and O–H groups in total. The monoisotopic (exact) mass is 482 g/mol. The second-order valence-corrected chi connectivity index (χ2v) is 9.85. The number of hydrogen-bond donors (Lipinski definition) is 2. The van der Waals surface area contributed by atoms with Crippen molar-refractivity contribution in [2.45, 2.75) is 52.6 Å². The number of benzene rings is 1. The maximum Gasteiger partial charge on any atom is 0.273 e. The van der Waals surface area contributed by atoms with Crippen LogP contribution in [-0.2, 0) is 22.6 Å². The molecule has 1 unspecified atom stereocenters. The minimum atomic E-state index is -0.295. The Morgan fingerprint density at radius 2 is 2.12 bits per heavy atom. The van der Waals surface area contributed by atoms with Crippen molar-refractivity contribution in [3.63, 3.8) is 0 Å². The molecule has 2 amide bonds. The van der Waals surface area contributed by atoms with Crippen molar-refractivity contribution in [1.82, 2.24) is 19.9 Å². The second kappa shape index (κ2) is 10.3. The first-order chi connectivity index (χ1) is 16.3. The van der Waals surface area contributed by atoms with Gasteiger partial charge in [0, 0.05) is 24.8 Å². The van der Waals surface area contributed by atoms with Crippen molar-refractivity contribution in [2.24, 2.45) is 5.92 Å². The van der Waals surface area contributed by atoms with Gasteiger partial charge < -0.3 is 15.5 Å². The molecule has 9 nitrogen and oxygen atoms in total. The van der Waals surface area contributed by atoms with E-state index in [1.807, 2.05) is 38.1 Å². The number of fused-ring (bicyclic) bond motifs is 1. The Hall–Kier alpha value is -3.27. The summed E-state index contributed by atoms with van der Waals surface area (Å²) in [7, 11) is 0. The van der Waals surface area contributed by atoms with Gasteiger partial charge in [-0.1, -0.05) is 30.4 Å². The summed E-state index contributed by atoms with van der Waals surface area (Å²) in [6, 6.07) is 7.74. The second-order valence-electron chi connectivity index (χ2n) is 8.88. The van der Waals surface area contributed by atoms with Crippen molar-refractivity contribution < 1.29 is 9.59 Å². The number of anilines is 2. The topological polar surface area (TPSA) is 109 Å². The van der Waals surface area contributed by atoms with E-state index in [4.69, 9.17) is 0 Å². The molecule has 0 spiro atoms. The van der Waals surface area contributed by atoms with Gasteiger partial charge >= 0.3 is 0 Å². The molecule has 34 heavy (non-hydrogen) atoms. The van der Waals surface area contributed by atoms with E-state index in [1.54, 1.807) is 0 Å². The van der Waals surface area contributed by atoms with Gasteiger partial charge in [0.05, 0.1) is 5.92 Å². The Labute approximate surface area is 202 Å². The molecule has 0 radical (unpaired) electrons. The lowest BCUT2D eigenvalue weighted by Gasteiger charge is -2.32. The van der Waals surface area contributed by atoms with Crippen LogP contribution < -0.4 is 21.1 Å². The summed E-state index contributed by atoms with van der Waals surface area (Å²) in [6.45, 7) is 7.16. The fourth-order valence-electron chi connectivity index (χ4n) is 4.07. The Morgan fingerprint density at radius 3 is 2.88 bits per heavy atom. The number of thiazole rings is 1. The van der Waals surface area contributed by atoms with Crippen molar-refractivity contribution >= 4 is 44.3 Å². The maximum absolute atomic E-state index is 13.0. The van der Waals surface area contributed by atoms with E-state index in [-0.39, 0.29) is 35.9 Å². The van der Waals surface area contributed by atoms with Gasteiger partial charge in [0.15, 0.2) is 10.8 Å². The van der Waals surface area contributed by atoms with Crippen LogP contribution in [0.1, 0.15) is 39.2 Å². The molecule has 1 aliphatic heterocycles. The smallest absolute Gasteiger partial charge is 0.273 e. The van der Waals surface area contributed by atoms with Crippen molar-refractivity contribution in [3.8, 4) is 0 Å². The Balaban J connectivity index is 1.48. The van der Waals surface area contributed by atoms with E-state index in [1.165, 1.54) is 22.2 Å². The molecular weight excluding hydrogens is 452 g/mol. The first-order valence-electron chi connectivity index (χ1n) is 11.6. The van der Waals surface area contributed by atoms with Gasteiger partial charge in [-0.2, -0.15) is 4.98 Å². The maximum atomic E-state index is 13.0. The van der Waals surface area contributed by atoms with Crippen molar-refractivity contribution in [2.75, 3.05) is 23.3 Å². The normalized spacial score (nSPS) is 16.1. The fourth-order valence-corrected chi connectivity index (χ4v) is 5.08. The van der Waals surface area contributed by atoms with Crippen LogP contribution in [0.3, 0.4) is 0 Å². The van der Waals surface area contributed by atoms with E-state index in [2.05, 4.69) is 32.4 Å². The number of amides is 2. The molecule has 1 aromatic carbocycles. The summed E-state index contributed by atoms with van der Waals surface area (Å²) in [6.07, 6.45) is 3.95. The molecule has 10 heteroatoms. The van der Waals surface area contributed by atoms with E-state index in [0.29, 0.717) is 27.7 Å². The molecule has 3 aromatic rings. The van der Waals surface area contributed by atoms with Gasteiger partial charge in [0.1, 0.15) is 17.6 Å². The molecular formula is C24H30N6O3S. The van der Waals surface area contributed by atoms with Crippen LogP contribution in [0, 0.1) is 5.92 Å². The molecule has 1 aliphatic rings. The molecule has 3 heterocycles. The first-order valence-corrected chi connectivity index (χ1v) is 12.5. The fraction of sp³-hybridized carbons (Fsp3) is 0.458. The lowest BCUT2D eigenvalue weighted by atomic mass is 9.97. The highest BCUT2D eigenvalue weighted by Gasteiger charge is 2.28. The Kier molecular flexibility index (Phi) is 7.26. The zero-order valence-electron chi connectivity index (χ0n) is 19.7. The van der Waals surface area contributed by atoms with Crippen LogP contribution in [0.5, 0.6) is 0 Å². The average Bonchev–Trinajstić information content (AvgIpc) is 3.26. The highest BCUT2D eigenvalue weighted by molar-refractivity contribution is 7.22. The van der Waals surface area contributed by atoms with Gasteiger partial charge in [0.2, 0.25) is 11.8 Å². The minimum Gasteiger partial charge on any atom is -0.354 e. The number of rotatable bonds is 7. The summed E-state index contributed by atoms with van der Waals surface area (Å²) in [5.41, 5.74) is 1.90. The van der Waals surface area contributed by atoms with E-state index in [0.717, 1.165) is 31.4 Å². The lowest BCUT2D eigenvalue weighted by Crippen LogP contribution is -2.44. The van der Waals surface area contributed by atoms with Gasteiger partial charge in [-0.25, -0.2) is 4.98 Å². The number of carbonyl (C=O) groups is 2. The van der Waals surface area contributed by atoms with Crippen LogP contribution >= 0.6 is 11.3 Å². The molecule has 4 rings (SSSR count). The molecule has 0 aliphatic carbocycles. The summed E-state index contributed by atoms with van der Waals surface area (Å²) in [5, 5.41) is 6.51. The number of aryl methyl sites for hydroxylation is 1. The van der Waals surface area contributed by atoms with Gasteiger partial charge in [0.25, 0.3) is 5.56 Å². The minimum absolute atomic E-state index is 0.0526. The third kappa shape index (κ3) is 5.44. The summed E-state index contributed by atoms with van der Waals surface area (Å²) < 4.78 is 1.71. The predicted octanol–water partition coefficient (Wildman–Crippen LogP) is 2.80. The van der Waals surface area contributed by atoms with Crippen LogP contribution in [0.15, 0.2) is 35.4 Å². The number of hydrogen-bond acceptors (Lipinski definition) is 7. The zero-order chi connectivity index (χ0) is 24.2. The molecule has 0 saturated carbocycles. The van der Waals surface area contributed by atoms with Crippen LogP contribution in [0.2, 0.25) is 0 Å². The van der Waals surface area contributed by atoms with E-state index < -0.39 is 0 Å². The number of aromatic nitrogens is 3. The summed E-state index contributed by atoms with van der Waals surface area (Å²) in [5.74, 6) is -0.351. The third-order valence-electron chi connectivity index (χ3n) is 5.80. The van der Waals surface area contributed by atoms with E-state index in [9.17, 15) is 14.4 Å². The molecule has 180 valence electrons. The molecule has 0 bridgehead atoms. The van der Waals surface area contributed by atoms with Gasteiger partial charge in [-0.3, -0.25) is 19.0 Å². The van der Waals surface area contributed by atoms with Crippen LogP contribution in [0.4, 0.5) is 10.8 Å². The van der Waals surface area contributed by atoms with E-state index >= 15 is 0 Å². The summed E-state index contributed by atoms with van der Waals surface area (Å²) >= 11 is 1.26. The SMILES string of the molecule is CCc1cccc(NC(=O)Cn2cnc3nc(N4CCCC(C(=O)NC(C)C)C4)sc3c2=O)c1. The predicted molar refractivity (Wildman–Crippen MR) is 134 cm³/mol. The van der Waals surface area contributed by atoms with Gasteiger partial charge in [-0.15, -0.1) is 0 Å². The van der Waals surface area contributed by atoms with Crippen molar-refractivity contribution in [1.29, 1.82) is 0 Å². The van der Waals surface area contributed by atoms with Crippen LogP contribution in [-0.4, -0.2) is 45.5 Å². The first kappa shape index (κ1) is 23.9. The number of carbonyl (C=O) groups excluding carboxylic acids is 2. The highest BCUT2D eigenvalue weighted by atomic mass is 32.1. The molecule has 1 saturated heterocycles.